The zero-order valence-electron chi connectivity index (χ0n) is 16.6. The number of hydrogen-bond donors (Lipinski definition) is 4. The van der Waals surface area contributed by atoms with Crippen molar-refractivity contribution >= 4 is 27.3 Å². The highest BCUT2D eigenvalue weighted by molar-refractivity contribution is 7.84. The molecule has 1 aliphatic carbocycles. The third kappa shape index (κ3) is 4.53. The maximum atomic E-state index is 13.4. The van der Waals surface area contributed by atoms with E-state index in [0.29, 0.717) is 0 Å². The van der Waals surface area contributed by atoms with Crippen molar-refractivity contribution in [2.45, 2.75) is 37.3 Å². The summed E-state index contributed by atoms with van der Waals surface area (Å²) in [6.45, 7) is 0. The fourth-order valence-corrected chi connectivity index (χ4v) is 4.23. The van der Waals surface area contributed by atoms with Crippen LogP contribution in [0.1, 0.15) is 18.4 Å². The van der Waals surface area contributed by atoms with Crippen LogP contribution in [-0.4, -0.2) is 58.8 Å². The average Bonchev–Trinajstić information content (AvgIpc) is 3.31. The number of nitrogens with one attached hydrogen (secondary N) is 3. The number of rotatable bonds is 6. The van der Waals surface area contributed by atoms with Crippen LogP contribution in [0.25, 0.3) is 22.6 Å². The van der Waals surface area contributed by atoms with Crippen molar-refractivity contribution in [3.8, 4) is 11.4 Å². The molecule has 1 fully saturated rings. The van der Waals surface area contributed by atoms with Crippen LogP contribution in [0.4, 0.5) is 19.0 Å². The molecule has 14 heteroatoms. The molecule has 4 rings (SSSR count). The van der Waals surface area contributed by atoms with Crippen molar-refractivity contribution in [3.05, 3.63) is 36.2 Å². The number of imidazole rings is 1. The maximum Gasteiger partial charge on any atom is 0.417 e. The Balaban J connectivity index is 1.61. The van der Waals surface area contributed by atoms with E-state index in [1.54, 1.807) is 0 Å². The normalized spacial score (nSPS) is 21.8. The molecule has 172 valence electrons. The van der Waals surface area contributed by atoms with Crippen molar-refractivity contribution in [2.75, 3.05) is 12.4 Å². The minimum absolute atomic E-state index is 0.0238. The fraction of sp³-hybridized carbons (Fsp3) is 0.389. The molecule has 2 aromatic heterocycles. The molecular weight excluding hydrogens is 453 g/mol. The predicted octanol–water partition coefficient (Wildman–Crippen LogP) is 1.82. The van der Waals surface area contributed by atoms with E-state index >= 15 is 0 Å². The Morgan fingerprint density at radius 3 is 2.69 bits per heavy atom. The third-order valence-corrected chi connectivity index (χ3v) is 6.09. The molecule has 0 bridgehead atoms. The lowest BCUT2D eigenvalue weighted by atomic mass is 10.1. The molecule has 1 saturated carbocycles. The zero-order chi connectivity index (χ0) is 23.1. The van der Waals surface area contributed by atoms with Gasteiger partial charge in [0.15, 0.2) is 11.5 Å². The van der Waals surface area contributed by atoms with Gasteiger partial charge < -0.3 is 15.4 Å². The molecule has 32 heavy (non-hydrogen) atoms. The van der Waals surface area contributed by atoms with Crippen molar-refractivity contribution in [1.82, 2.24) is 24.7 Å². The molecule has 3 aromatic rings. The number of nitrogens with zero attached hydrogens (tertiary/aromatic N) is 3. The molecule has 1 aliphatic rings. The molecule has 3 atom stereocenters. The summed E-state index contributed by atoms with van der Waals surface area (Å²) >= 11 is 0. The highest BCUT2D eigenvalue weighted by Crippen LogP contribution is 2.37. The van der Waals surface area contributed by atoms with Gasteiger partial charge in [-0.2, -0.15) is 26.3 Å². The molecule has 1 aromatic carbocycles. The number of alkyl halides is 3. The summed E-state index contributed by atoms with van der Waals surface area (Å²) in [5.41, 5.74) is -0.545. The minimum atomic E-state index is -4.56. The van der Waals surface area contributed by atoms with Gasteiger partial charge >= 0.3 is 16.5 Å². The van der Waals surface area contributed by atoms with Crippen LogP contribution < -0.4 is 10.0 Å². The van der Waals surface area contributed by atoms with Crippen LogP contribution in [0, 0.1) is 0 Å². The Kier molecular flexibility index (Phi) is 5.79. The number of hydrogen-bond acceptors (Lipinski definition) is 8. The standard InChI is InChI=1S/C18H19F3N6O4S/c1-22-32(29,30)31-13-7-9(6-12(13)28)25-16-14-17(24-8-23-16)27-15(26-14)10-4-2-3-5-11(10)18(19,20)21/h2-5,8-9,12-13,22,28H,6-7H2,1H3,(H2,23,24,25,26,27)/t9-,12+,13+/m1/s1. The van der Waals surface area contributed by atoms with Crippen molar-refractivity contribution in [3.63, 3.8) is 0 Å². The van der Waals surface area contributed by atoms with E-state index in [4.69, 9.17) is 4.18 Å². The van der Waals surface area contributed by atoms with E-state index in [1.807, 2.05) is 4.72 Å². The molecule has 10 nitrogen and oxygen atoms in total. The number of aromatic nitrogens is 4. The van der Waals surface area contributed by atoms with Gasteiger partial charge in [-0.1, -0.05) is 18.2 Å². The van der Waals surface area contributed by atoms with E-state index in [-0.39, 0.29) is 41.2 Å². The van der Waals surface area contributed by atoms with E-state index in [0.717, 1.165) is 6.07 Å². The molecule has 0 amide bonds. The van der Waals surface area contributed by atoms with Crippen molar-refractivity contribution in [1.29, 1.82) is 0 Å². The van der Waals surface area contributed by atoms with Crippen LogP contribution >= 0.6 is 0 Å². The van der Waals surface area contributed by atoms with Gasteiger partial charge in [0.05, 0.1) is 11.7 Å². The van der Waals surface area contributed by atoms with Crippen LogP contribution in [0.2, 0.25) is 0 Å². The molecule has 0 radical (unpaired) electrons. The number of aliphatic hydroxyl groups excluding tert-OH is 1. The van der Waals surface area contributed by atoms with E-state index < -0.39 is 40.3 Å². The molecule has 0 aliphatic heterocycles. The van der Waals surface area contributed by atoms with E-state index in [9.17, 15) is 26.7 Å². The number of halogens is 3. The van der Waals surface area contributed by atoms with Gasteiger partial charge in [-0.25, -0.2) is 15.0 Å². The zero-order valence-corrected chi connectivity index (χ0v) is 17.4. The Labute approximate surface area is 180 Å². The van der Waals surface area contributed by atoms with Crippen LogP contribution in [0.5, 0.6) is 0 Å². The first-order chi connectivity index (χ1) is 15.1. The minimum Gasteiger partial charge on any atom is -0.390 e. The highest BCUT2D eigenvalue weighted by Gasteiger charge is 2.37. The number of aliphatic hydroxyl groups is 1. The molecule has 2 heterocycles. The maximum absolute atomic E-state index is 13.4. The van der Waals surface area contributed by atoms with Crippen molar-refractivity contribution < 1.29 is 30.9 Å². The van der Waals surface area contributed by atoms with Gasteiger partial charge in [0.2, 0.25) is 0 Å². The number of fused-ring (bicyclic) bond motifs is 1. The predicted molar refractivity (Wildman–Crippen MR) is 108 cm³/mol. The summed E-state index contributed by atoms with van der Waals surface area (Å²) in [5.74, 6) is 0.233. The second-order valence-corrected chi connectivity index (χ2v) is 8.73. The van der Waals surface area contributed by atoms with Gasteiger partial charge in [0.1, 0.15) is 23.8 Å². The third-order valence-electron chi connectivity index (χ3n) is 5.09. The summed E-state index contributed by atoms with van der Waals surface area (Å²) in [6.07, 6.45) is -5.03. The number of benzene rings is 1. The number of aromatic amines is 1. The molecular formula is C18H19F3N6O4S. The first-order valence-corrected chi connectivity index (χ1v) is 10.9. The highest BCUT2D eigenvalue weighted by atomic mass is 32.2. The molecule has 0 unspecified atom stereocenters. The molecule has 0 saturated heterocycles. The summed E-state index contributed by atoms with van der Waals surface area (Å²) in [4.78, 5) is 15.1. The molecule has 0 spiro atoms. The summed E-state index contributed by atoms with van der Waals surface area (Å²) < 4.78 is 70.3. The Morgan fingerprint density at radius 2 is 1.97 bits per heavy atom. The topological polar surface area (TPSA) is 142 Å². The quantitative estimate of drug-likeness (QED) is 0.426. The first-order valence-electron chi connectivity index (χ1n) is 9.51. The average molecular weight is 472 g/mol. The van der Waals surface area contributed by atoms with E-state index in [1.165, 1.54) is 31.6 Å². The van der Waals surface area contributed by atoms with E-state index in [2.05, 4.69) is 25.3 Å². The van der Waals surface area contributed by atoms with Gasteiger partial charge in [0, 0.05) is 18.7 Å². The second kappa shape index (κ2) is 8.27. The van der Waals surface area contributed by atoms with Gasteiger partial charge in [-0.15, -0.1) is 0 Å². The Bertz CT molecular complexity index is 1230. The largest absolute Gasteiger partial charge is 0.417 e. The first kappa shape index (κ1) is 22.4. The van der Waals surface area contributed by atoms with Gasteiger partial charge in [-0.05, 0) is 18.9 Å². The van der Waals surface area contributed by atoms with Crippen LogP contribution in [0.15, 0.2) is 30.6 Å². The monoisotopic (exact) mass is 472 g/mol. The Morgan fingerprint density at radius 1 is 1.22 bits per heavy atom. The summed E-state index contributed by atoms with van der Waals surface area (Å²) in [5, 5.41) is 13.2. The lowest BCUT2D eigenvalue weighted by Crippen LogP contribution is -2.31. The summed E-state index contributed by atoms with van der Waals surface area (Å²) in [7, 11) is -2.79. The lowest BCUT2D eigenvalue weighted by molar-refractivity contribution is -0.137. The number of H-pyrrole nitrogens is 1. The van der Waals surface area contributed by atoms with Crippen LogP contribution in [-0.2, 0) is 20.7 Å². The number of anilines is 1. The Hall–Kier alpha value is -2.81. The SMILES string of the molecule is CNS(=O)(=O)O[C@H]1C[C@H](Nc2ncnc3nc(-c4ccccc4C(F)(F)F)[nH]c23)C[C@@H]1O. The smallest absolute Gasteiger partial charge is 0.390 e. The van der Waals surface area contributed by atoms with Crippen molar-refractivity contribution in [2.24, 2.45) is 0 Å². The summed E-state index contributed by atoms with van der Waals surface area (Å²) in [6, 6.07) is 4.63. The molecule has 4 N–H and O–H groups in total. The van der Waals surface area contributed by atoms with Crippen LogP contribution in [0.3, 0.4) is 0 Å². The lowest BCUT2D eigenvalue weighted by Gasteiger charge is -2.14. The fourth-order valence-electron chi connectivity index (χ4n) is 3.60. The van der Waals surface area contributed by atoms with Gasteiger partial charge in [0.25, 0.3) is 0 Å². The second-order valence-electron chi connectivity index (χ2n) is 7.22. The van der Waals surface area contributed by atoms with Gasteiger partial charge in [-0.3, -0.25) is 4.18 Å².